The van der Waals surface area contributed by atoms with Gasteiger partial charge in [0.2, 0.25) is 0 Å². The molecule has 1 amide bonds. The second-order valence-electron chi connectivity index (χ2n) is 7.33. The molecule has 2 aliphatic rings. The molecule has 0 saturated heterocycles. The minimum Gasteiger partial charge on any atom is -0.357 e. The smallest absolute Gasteiger partial charge is 0.266 e. The van der Waals surface area contributed by atoms with Crippen LogP contribution in [-0.2, 0) is 21.2 Å². The van der Waals surface area contributed by atoms with Crippen molar-refractivity contribution in [3.63, 3.8) is 0 Å². The molecule has 2 aromatic rings. The van der Waals surface area contributed by atoms with Crippen LogP contribution in [0.4, 0.5) is 0 Å². The number of allylic oxidation sites excluding steroid dienone is 1. The number of carbonyl (C=O) groups is 1. The van der Waals surface area contributed by atoms with Gasteiger partial charge in [0.25, 0.3) is 15.9 Å². The lowest BCUT2D eigenvalue weighted by Gasteiger charge is -2.12. The van der Waals surface area contributed by atoms with Gasteiger partial charge in [-0.15, -0.1) is 0 Å². The average Bonchev–Trinajstić information content (AvgIpc) is 3.08. The second kappa shape index (κ2) is 6.25. The SMILES string of the molecule is N[C@]12C[C@H]1/C=C\CCCCCc1cc3cccc(c3[nH]1)S(=O)(=O)NC2=O. The number of hydrogen-bond acceptors (Lipinski definition) is 4. The summed E-state index contributed by atoms with van der Waals surface area (Å²) in [5, 5.41) is 0.827. The zero-order chi connectivity index (χ0) is 18.4. The molecule has 0 radical (unpaired) electrons. The number of nitrogens with one attached hydrogen (secondary N) is 2. The highest BCUT2D eigenvalue weighted by atomic mass is 32.2. The number of fused-ring (bicyclic) bond motifs is 2. The Morgan fingerprint density at radius 1 is 1.19 bits per heavy atom. The summed E-state index contributed by atoms with van der Waals surface area (Å²) >= 11 is 0. The minimum atomic E-state index is -4.00. The van der Waals surface area contributed by atoms with E-state index in [9.17, 15) is 13.2 Å². The van der Waals surface area contributed by atoms with Crippen molar-refractivity contribution in [3.05, 3.63) is 42.1 Å². The van der Waals surface area contributed by atoms with Crippen LogP contribution < -0.4 is 10.5 Å². The molecule has 2 heterocycles. The van der Waals surface area contributed by atoms with Crippen molar-refractivity contribution in [2.24, 2.45) is 11.7 Å². The number of aryl methyl sites for hydroxylation is 1. The fourth-order valence-corrected chi connectivity index (χ4v) is 4.88. The fourth-order valence-electron chi connectivity index (χ4n) is 3.64. The lowest BCUT2D eigenvalue weighted by molar-refractivity contribution is -0.121. The summed E-state index contributed by atoms with van der Waals surface area (Å²) in [6.07, 6.45) is 9.54. The molecular formula is C19H23N3O3S. The lowest BCUT2D eigenvalue weighted by atomic mass is 10.1. The van der Waals surface area contributed by atoms with Gasteiger partial charge in [-0.25, -0.2) is 13.1 Å². The van der Waals surface area contributed by atoms with Gasteiger partial charge in [-0.2, -0.15) is 0 Å². The van der Waals surface area contributed by atoms with E-state index in [0.29, 0.717) is 11.9 Å². The number of para-hydroxylation sites is 1. The number of amides is 1. The Hall–Kier alpha value is -2.12. The van der Waals surface area contributed by atoms with Crippen molar-refractivity contribution in [2.75, 3.05) is 0 Å². The topological polar surface area (TPSA) is 105 Å². The first kappa shape index (κ1) is 17.3. The summed E-state index contributed by atoms with van der Waals surface area (Å²) < 4.78 is 27.8. The van der Waals surface area contributed by atoms with Crippen LogP contribution in [0.2, 0.25) is 0 Å². The lowest BCUT2D eigenvalue weighted by Crippen LogP contribution is -2.46. The molecule has 4 rings (SSSR count). The number of aromatic nitrogens is 1. The van der Waals surface area contributed by atoms with E-state index in [4.69, 9.17) is 5.73 Å². The van der Waals surface area contributed by atoms with Gasteiger partial charge in [-0.05, 0) is 44.2 Å². The van der Waals surface area contributed by atoms with E-state index < -0.39 is 21.5 Å². The molecule has 1 fully saturated rings. The van der Waals surface area contributed by atoms with E-state index in [0.717, 1.165) is 43.2 Å². The van der Waals surface area contributed by atoms with E-state index in [1.54, 1.807) is 6.07 Å². The molecule has 1 saturated carbocycles. The van der Waals surface area contributed by atoms with Gasteiger partial charge in [-0.1, -0.05) is 30.7 Å². The molecule has 0 spiro atoms. The molecule has 6 nitrogen and oxygen atoms in total. The van der Waals surface area contributed by atoms with E-state index in [1.165, 1.54) is 6.07 Å². The van der Waals surface area contributed by atoms with Crippen LogP contribution in [0.3, 0.4) is 0 Å². The first-order chi connectivity index (χ1) is 12.4. The van der Waals surface area contributed by atoms with Crippen molar-refractivity contribution in [1.82, 2.24) is 9.71 Å². The van der Waals surface area contributed by atoms with Gasteiger partial charge in [0, 0.05) is 17.0 Å². The van der Waals surface area contributed by atoms with Crippen LogP contribution in [0.5, 0.6) is 0 Å². The third-order valence-electron chi connectivity index (χ3n) is 5.36. The van der Waals surface area contributed by atoms with Crippen molar-refractivity contribution in [1.29, 1.82) is 0 Å². The average molecular weight is 373 g/mol. The number of rotatable bonds is 0. The van der Waals surface area contributed by atoms with E-state index in [2.05, 4.69) is 15.8 Å². The molecular weight excluding hydrogens is 350 g/mol. The molecule has 2 atom stereocenters. The summed E-state index contributed by atoms with van der Waals surface area (Å²) in [5.41, 5.74) is 6.54. The van der Waals surface area contributed by atoms with Gasteiger partial charge >= 0.3 is 0 Å². The van der Waals surface area contributed by atoms with Crippen molar-refractivity contribution < 1.29 is 13.2 Å². The highest BCUT2D eigenvalue weighted by Gasteiger charge is 2.56. The number of aromatic amines is 1. The second-order valence-corrected chi connectivity index (χ2v) is 8.98. The normalized spacial score (nSPS) is 29.9. The molecule has 1 aromatic heterocycles. The van der Waals surface area contributed by atoms with Crippen LogP contribution >= 0.6 is 0 Å². The molecule has 7 heteroatoms. The van der Waals surface area contributed by atoms with Crippen molar-refractivity contribution >= 4 is 26.8 Å². The number of nitrogens with two attached hydrogens (primary N) is 1. The predicted octanol–water partition coefficient (Wildman–Crippen LogP) is 2.36. The molecule has 2 bridgehead atoms. The quantitative estimate of drug-likeness (QED) is 0.617. The Bertz CT molecular complexity index is 993. The monoisotopic (exact) mass is 373 g/mol. The summed E-state index contributed by atoms with van der Waals surface area (Å²) in [6.45, 7) is 0. The van der Waals surface area contributed by atoms with Gasteiger partial charge in [0.1, 0.15) is 10.4 Å². The number of sulfonamides is 1. The number of H-pyrrole nitrogens is 1. The first-order valence-electron chi connectivity index (χ1n) is 9.03. The molecule has 1 aliphatic carbocycles. The number of hydrogen-bond donors (Lipinski definition) is 3. The Kier molecular flexibility index (Phi) is 4.16. The van der Waals surface area contributed by atoms with Crippen molar-refractivity contribution in [2.45, 2.75) is 49.0 Å². The third kappa shape index (κ3) is 3.05. The zero-order valence-corrected chi connectivity index (χ0v) is 15.3. The van der Waals surface area contributed by atoms with Gasteiger partial charge in [0.05, 0.1) is 5.52 Å². The number of carbonyl (C=O) groups excluding carboxylic acids is 1. The maximum Gasteiger partial charge on any atom is 0.266 e. The Balaban J connectivity index is 1.74. The van der Waals surface area contributed by atoms with E-state index >= 15 is 0 Å². The Morgan fingerprint density at radius 2 is 2.04 bits per heavy atom. The molecule has 0 unspecified atom stereocenters. The third-order valence-corrected chi connectivity index (χ3v) is 6.73. The summed E-state index contributed by atoms with van der Waals surface area (Å²) in [4.78, 5) is 15.8. The first-order valence-corrected chi connectivity index (χ1v) is 10.5. The van der Waals surface area contributed by atoms with E-state index in [1.807, 2.05) is 18.2 Å². The summed E-state index contributed by atoms with van der Waals surface area (Å²) in [7, 11) is -4.00. The molecule has 1 aromatic carbocycles. The zero-order valence-electron chi connectivity index (χ0n) is 14.5. The Morgan fingerprint density at radius 3 is 2.88 bits per heavy atom. The summed E-state index contributed by atoms with van der Waals surface area (Å²) in [6, 6.07) is 7.05. The Labute approximate surface area is 152 Å². The van der Waals surface area contributed by atoms with Crippen LogP contribution in [0.1, 0.15) is 37.8 Å². The summed E-state index contributed by atoms with van der Waals surface area (Å²) in [5.74, 6) is -0.735. The highest BCUT2D eigenvalue weighted by Crippen LogP contribution is 2.42. The van der Waals surface area contributed by atoms with Crippen molar-refractivity contribution in [3.8, 4) is 0 Å². The standard InChI is InChI=1S/C19H23N3O3S/c20-19-12-14(19)8-4-2-1-3-5-9-15-11-13-7-6-10-16(17(13)21-15)26(24,25)22-18(19)23/h4,6-8,10-11,14,21H,1-3,5,9,12,20H2,(H,22,23)/b8-4-/t14-,19-/m1/s1. The predicted molar refractivity (Wildman–Crippen MR) is 100.0 cm³/mol. The van der Waals surface area contributed by atoms with Crippen LogP contribution in [0, 0.1) is 5.92 Å². The molecule has 4 N–H and O–H groups in total. The van der Waals surface area contributed by atoms with Gasteiger partial charge in [0.15, 0.2) is 0 Å². The maximum atomic E-state index is 12.8. The number of benzene rings is 1. The van der Waals surface area contributed by atoms with Crippen LogP contribution in [-0.4, -0.2) is 24.8 Å². The van der Waals surface area contributed by atoms with Gasteiger partial charge < -0.3 is 10.7 Å². The van der Waals surface area contributed by atoms with E-state index in [-0.39, 0.29) is 10.8 Å². The highest BCUT2D eigenvalue weighted by molar-refractivity contribution is 7.90. The maximum absolute atomic E-state index is 12.8. The van der Waals surface area contributed by atoms with Crippen LogP contribution in [0.25, 0.3) is 10.9 Å². The molecule has 138 valence electrons. The molecule has 1 aliphatic heterocycles. The largest absolute Gasteiger partial charge is 0.357 e. The van der Waals surface area contributed by atoms with Gasteiger partial charge in [-0.3, -0.25) is 4.79 Å². The van der Waals surface area contributed by atoms with Crippen LogP contribution in [0.15, 0.2) is 41.3 Å². The fraction of sp³-hybridized carbons (Fsp3) is 0.421. The molecule has 26 heavy (non-hydrogen) atoms. The minimum absolute atomic E-state index is 0.0815.